The molecule has 13 heteroatoms. The van der Waals surface area contributed by atoms with Crippen LogP contribution in [0.1, 0.15) is 12.5 Å². The van der Waals surface area contributed by atoms with Gasteiger partial charge >= 0.3 is 0 Å². The molecular formula is C25H28ClN3O7S2. The van der Waals surface area contributed by atoms with Crippen molar-refractivity contribution in [2.75, 3.05) is 34.8 Å². The third-order valence-electron chi connectivity index (χ3n) is 5.58. The summed E-state index contributed by atoms with van der Waals surface area (Å²) in [6.45, 7) is 3.16. The summed E-state index contributed by atoms with van der Waals surface area (Å²) in [5, 5.41) is 2.95. The highest BCUT2D eigenvalue weighted by molar-refractivity contribution is 7.92. The first-order valence-corrected chi connectivity index (χ1v) is 14.9. The van der Waals surface area contributed by atoms with Crippen molar-refractivity contribution in [2.45, 2.75) is 24.8 Å². The van der Waals surface area contributed by atoms with Crippen LogP contribution in [0.4, 0.5) is 17.1 Å². The van der Waals surface area contributed by atoms with E-state index >= 15 is 0 Å². The number of carbonyl (C=O) groups excluding carboxylic acids is 1. The van der Waals surface area contributed by atoms with E-state index in [1.54, 1.807) is 31.2 Å². The molecule has 0 heterocycles. The lowest BCUT2D eigenvalue weighted by molar-refractivity contribution is -0.116. The number of hydrogen-bond acceptors (Lipinski definition) is 7. The number of ether oxygens (including phenoxy) is 2. The molecule has 0 aliphatic rings. The maximum absolute atomic E-state index is 13.0. The molecule has 0 saturated heterocycles. The van der Waals surface area contributed by atoms with Crippen LogP contribution in [0.15, 0.2) is 65.6 Å². The molecule has 3 rings (SSSR count). The molecule has 0 aromatic heterocycles. The Morgan fingerprint density at radius 3 is 2.18 bits per heavy atom. The number of rotatable bonds is 10. The summed E-state index contributed by atoms with van der Waals surface area (Å²) >= 11 is 6.07. The van der Waals surface area contributed by atoms with Gasteiger partial charge in [0.2, 0.25) is 15.9 Å². The second kappa shape index (κ2) is 11.5. The van der Waals surface area contributed by atoms with Gasteiger partial charge in [0, 0.05) is 16.8 Å². The third kappa shape index (κ3) is 6.69. The first-order valence-electron chi connectivity index (χ1n) is 11.2. The maximum Gasteiger partial charge on any atom is 0.262 e. The number of nitrogens with zero attached hydrogens (tertiary/aromatic N) is 1. The van der Waals surface area contributed by atoms with Gasteiger partial charge in [-0.25, -0.2) is 16.8 Å². The fraction of sp³-hybridized carbons (Fsp3) is 0.240. The summed E-state index contributed by atoms with van der Waals surface area (Å²) in [6, 6.07) is 13.7. The number of aryl methyl sites for hydroxylation is 1. The van der Waals surface area contributed by atoms with Crippen molar-refractivity contribution in [2.24, 2.45) is 0 Å². The van der Waals surface area contributed by atoms with E-state index in [1.165, 1.54) is 57.5 Å². The molecule has 1 amide bonds. The molecule has 1 atom stereocenters. The minimum atomic E-state index is -4.01. The van der Waals surface area contributed by atoms with Gasteiger partial charge in [0.15, 0.2) is 0 Å². The quantitative estimate of drug-likeness (QED) is 0.366. The zero-order valence-electron chi connectivity index (χ0n) is 21.4. The first kappa shape index (κ1) is 29.1. The molecule has 0 saturated carbocycles. The summed E-state index contributed by atoms with van der Waals surface area (Å²) in [5.41, 5.74) is 1.36. The summed E-state index contributed by atoms with van der Waals surface area (Å²) in [7, 11) is -4.99. The number of amides is 1. The van der Waals surface area contributed by atoms with Crippen molar-refractivity contribution in [3.8, 4) is 11.5 Å². The Morgan fingerprint density at radius 2 is 1.61 bits per heavy atom. The van der Waals surface area contributed by atoms with Crippen LogP contribution in [0.5, 0.6) is 11.5 Å². The van der Waals surface area contributed by atoms with E-state index in [1.807, 2.05) is 0 Å². The van der Waals surface area contributed by atoms with E-state index in [2.05, 4.69) is 10.0 Å². The largest absolute Gasteiger partial charge is 0.497 e. The lowest BCUT2D eigenvalue weighted by atomic mass is 10.1. The second-order valence-electron chi connectivity index (χ2n) is 8.35. The van der Waals surface area contributed by atoms with Crippen molar-refractivity contribution in [3.63, 3.8) is 0 Å². The van der Waals surface area contributed by atoms with Gasteiger partial charge in [-0.15, -0.1) is 0 Å². The average Bonchev–Trinajstić information content (AvgIpc) is 2.85. The van der Waals surface area contributed by atoms with Gasteiger partial charge in [-0.3, -0.25) is 13.8 Å². The number of benzene rings is 3. The SMILES string of the molecule is COc1ccc(OC)c(NS(=O)(=O)c2ccc(NC(=O)[C@@H](C)N(c3cc(Cl)ccc3C)S(C)(=O)=O)cc2)c1. The molecule has 38 heavy (non-hydrogen) atoms. The zero-order valence-corrected chi connectivity index (χ0v) is 23.7. The van der Waals surface area contributed by atoms with Gasteiger partial charge < -0.3 is 14.8 Å². The van der Waals surface area contributed by atoms with E-state index in [0.717, 1.165) is 10.6 Å². The average molecular weight is 582 g/mol. The Balaban J connectivity index is 1.81. The van der Waals surface area contributed by atoms with Crippen molar-refractivity contribution in [1.82, 2.24) is 0 Å². The maximum atomic E-state index is 13.0. The monoisotopic (exact) mass is 581 g/mol. The Hall–Kier alpha value is -3.48. The fourth-order valence-corrected chi connectivity index (χ4v) is 6.11. The molecule has 10 nitrogen and oxygen atoms in total. The van der Waals surface area contributed by atoms with E-state index in [0.29, 0.717) is 22.1 Å². The van der Waals surface area contributed by atoms with Crippen LogP contribution >= 0.6 is 11.6 Å². The van der Waals surface area contributed by atoms with Crippen molar-refractivity contribution in [1.29, 1.82) is 0 Å². The lowest BCUT2D eigenvalue weighted by Crippen LogP contribution is -2.45. The molecule has 0 bridgehead atoms. The van der Waals surface area contributed by atoms with E-state index in [4.69, 9.17) is 21.1 Å². The number of halogens is 1. The fourth-order valence-electron chi connectivity index (χ4n) is 3.66. The topological polar surface area (TPSA) is 131 Å². The van der Waals surface area contributed by atoms with Crippen molar-refractivity contribution < 1.29 is 31.1 Å². The molecule has 0 aliphatic carbocycles. The van der Waals surface area contributed by atoms with E-state index in [9.17, 15) is 21.6 Å². The molecule has 2 N–H and O–H groups in total. The third-order valence-corrected chi connectivity index (χ3v) is 8.42. The van der Waals surface area contributed by atoms with Gasteiger partial charge in [-0.05, 0) is 67.9 Å². The van der Waals surface area contributed by atoms with Crippen LogP contribution in [0.2, 0.25) is 5.02 Å². The Bertz CT molecular complexity index is 1540. The van der Waals surface area contributed by atoms with Gasteiger partial charge in [-0.2, -0.15) is 0 Å². The first-order chi connectivity index (χ1) is 17.8. The van der Waals surface area contributed by atoms with Crippen molar-refractivity contribution in [3.05, 3.63) is 71.2 Å². The number of hydrogen-bond donors (Lipinski definition) is 2. The van der Waals surface area contributed by atoms with E-state index in [-0.39, 0.29) is 22.0 Å². The number of methoxy groups -OCH3 is 2. The lowest BCUT2D eigenvalue weighted by Gasteiger charge is -2.29. The minimum absolute atomic E-state index is 0.0688. The predicted octanol–water partition coefficient (Wildman–Crippen LogP) is 4.26. The summed E-state index contributed by atoms with van der Waals surface area (Å²) < 4.78 is 64.9. The number of anilines is 3. The molecule has 0 fully saturated rings. The minimum Gasteiger partial charge on any atom is -0.497 e. The van der Waals surface area contributed by atoms with Gasteiger partial charge in [0.05, 0.1) is 36.7 Å². The summed E-state index contributed by atoms with van der Waals surface area (Å²) in [5.74, 6) is 0.119. The van der Waals surface area contributed by atoms with Crippen LogP contribution in [-0.2, 0) is 24.8 Å². The number of sulfonamides is 2. The molecule has 0 aliphatic heterocycles. The van der Waals surface area contributed by atoms with Crippen molar-refractivity contribution >= 4 is 54.6 Å². The van der Waals surface area contributed by atoms with Gasteiger partial charge in [0.25, 0.3) is 10.0 Å². The van der Waals surface area contributed by atoms with Crippen LogP contribution in [0.3, 0.4) is 0 Å². The highest BCUT2D eigenvalue weighted by atomic mass is 35.5. The normalized spacial score (nSPS) is 12.4. The predicted molar refractivity (Wildman–Crippen MR) is 148 cm³/mol. The summed E-state index contributed by atoms with van der Waals surface area (Å²) in [4.78, 5) is 12.9. The van der Waals surface area contributed by atoms with E-state index < -0.39 is 32.0 Å². The van der Waals surface area contributed by atoms with Gasteiger partial charge in [-0.1, -0.05) is 17.7 Å². The van der Waals surface area contributed by atoms with Crippen LogP contribution in [0, 0.1) is 6.92 Å². The van der Waals surface area contributed by atoms with Crippen LogP contribution in [0.25, 0.3) is 0 Å². The molecular weight excluding hydrogens is 554 g/mol. The highest BCUT2D eigenvalue weighted by Crippen LogP contribution is 2.31. The zero-order chi connectivity index (χ0) is 28.3. The molecule has 3 aromatic carbocycles. The standard InChI is InChI=1S/C25H28ClN3O7S2/c1-16-6-7-18(26)14-23(16)29(37(5,31)32)17(2)25(30)27-19-8-11-21(12-9-19)38(33,34)28-22-15-20(35-3)10-13-24(22)36-4/h6-15,17,28H,1-5H3,(H,27,30)/t17-/m1/s1. The molecule has 204 valence electrons. The molecule has 3 aromatic rings. The number of nitrogens with one attached hydrogen (secondary N) is 2. The molecule has 0 unspecified atom stereocenters. The van der Waals surface area contributed by atoms with Crippen LogP contribution in [-0.4, -0.2) is 49.3 Å². The molecule has 0 radical (unpaired) electrons. The molecule has 0 spiro atoms. The highest BCUT2D eigenvalue weighted by Gasteiger charge is 2.30. The second-order valence-corrected chi connectivity index (χ2v) is 12.3. The Kier molecular flexibility index (Phi) is 8.80. The number of carbonyl (C=O) groups is 1. The summed E-state index contributed by atoms with van der Waals surface area (Å²) in [6.07, 6.45) is 1.00. The smallest absolute Gasteiger partial charge is 0.262 e. The Labute approximate surface area is 227 Å². The van der Waals surface area contributed by atoms with Gasteiger partial charge in [0.1, 0.15) is 17.5 Å². The Morgan fingerprint density at radius 1 is 0.947 bits per heavy atom. The van der Waals surface area contributed by atoms with Crippen LogP contribution < -0.4 is 23.8 Å².